The van der Waals surface area contributed by atoms with Crippen molar-refractivity contribution in [2.24, 2.45) is 0 Å². The molecule has 5 heteroatoms. The first kappa shape index (κ1) is 10.5. The molecule has 0 spiro atoms. The number of rotatable bonds is 4. The van der Waals surface area contributed by atoms with Crippen LogP contribution in [-0.4, -0.2) is 19.5 Å². The molecule has 1 aromatic rings. The zero-order valence-corrected chi connectivity index (χ0v) is 7.80. The normalized spacial score (nSPS) is 9.57. The Morgan fingerprint density at radius 1 is 1.36 bits per heavy atom. The lowest BCUT2D eigenvalue weighted by Gasteiger charge is -2.07. The van der Waals surface area contributed by atoms with E-state index in [9.17, 15) is 9.18 Å². The van der Waals surface area contributed by atoms with Gasteiger partial charge < -0.3 is 5.32 Å². The van der Waals surface area contributed by atoms with Gasteiger partial charge in [0.1, 0.15) is 5.82 Å². The molecule has 1 aromatic carbocycles. The van der Waals surface area contributed by atoms with E-state index in [1.807, 2.05) is 0 Å². The predicted molar refractivity (Wildman–Crippen MR) is 52.1 cm³/mol. The van der Waals surface area contributed by atoms with Gasteiger partial charge >= 0.3 is 0 Å². The second-order valence-corrected chi connectivity index (χ2v) is 2.71. The van der Waals surface area contributed by atoms with Crippen LogP contribution in [-0.2, 0) is 4.79 Å². The lowest BCUT2D eigenvalue weighted by molar-refractivity contribution is -0.119. The number of hydrazine groups is 1. The molecule has 0 fully saturated rings. The van der Waals surface area contributed by atoms with Crippen molar-refractivity contribution in [1.82, 2.24) is 10.7 Å². The summed E-state index contributed by atoms with van der Waals surface area (Å²) >= 11 is 0. The lowest BCUT2D eigenvalue weighted by atomic mass is 10.3. The molecule has 1 rings (SSSR count). The Morgan fingerprint density at radius 2 is 2.00 bits per heavy atom. The van der Waals surface area contributed by atoms with Crippen LogP contribution >= 0.6 is 0 Å². The van der Waals surface area contributed by atoms with E-state index in [0.29, 0.717) is 5.69 Å². The zero-order valence-electron chi connectivity index (χ0n) is 7.80. The molecule has 14 heavy (non-hydrogen) atoms. The summed E-state index contributed by atoms with van der Waals surface area (Å²) in [6, 6.07) is 5.70. The minimum absolute atomic E-state index is 0.183. The van der Waals surface area contributed by atoms with Crippen molar-refractivity contribution in [1.29, 1.82) is 0 Å². The molecule has 0 aliphatic carbocycles. The van der Waals surface area contributed by atoms with Gasteiger partial charge in [-0.25, -0.2) is 4.39 Å². The van der Waals surface area contributed by atoms with Gasteiger partial charge in [0.2, 0.25) is 0 Å². The molecular formula is C9H12FN3O. The molecule has 0 aromatic heterocycles. The van der Waals surface area contributed by atoms with Gasteiger partial charge in [-0.3, -0.25) is 15.6 Å². The van der Waals surface area contributed by atoms with Gasteiger partial charge in [0.05, 0.1) is 12.2 Å². The van der Waals surface area contributed by atoms with E-state index in [1.54, 1.807) is 7.05 Å². The second kappa shape index (κ2) is 5.18. The number of amides is 1. The van der Waals surface area contributed by atoms with Crippen LogP contribution in [0, 0.1) is 5.82 Å². The molecule has 3 N–H and O–H groups in total. The highest BCUT2D eigenvalue weighted by Gasteiger charge is 1.97. The summed E-state index contributed by atoms with van der Waals surface area (Å²) in [5.74, 6) is -0.492. The molecular weight excluding hydrogens is 185 g/mol. The third-order valence-electron chi connectivity index (χ3n) is 1.53. The molecule has 0 radical (unpaired) electrons. The van der Waals surface area contributed by atoms with E-state index >= 15 is 0 Å². The maximum absolute atomic E-state index is 12.5. The summed E-state index contributed by atoms with van der Waals surface area (Å²) in [4.78, 5) is 11.0. The van der Waals surface area contributed by atoms with Gasteiger partial charge in [0, 0.05) is 0 Å². The molecule has 4 nitrogen and oxygen atoms in total. The van der Waals surface area contributed by atoms with Crippen LogP contribution in [0.3, 0.4) is 0 Å². The quantitative estimate of drug-likeness (QED) is 0.616. The van der Waals surface area contributed by atoms with E-state index in [4.69, 9.17) is 0 Å². The summed E-state index contributed by atoms with van der Waals surface area (Å²) in [6.07, 6.45) is 0. The molecule has 0 saturated heterocycles. The molecule has 0 bridgehead atoms. The Bertz CT molecular complexity index is 299. The smallest absolute Gasteiger partial charge is 0.252 e. The van der Waals surface area contributed by atoms with Gasteiger partial charge in [-0.1, -0.05) is 0 Å². The number of likely N-dealkylation sites (N-methyl/N-ethyl adjacent to an activating group) is 1. The Morgan fingerprint density at radius 3 is 2.57 bits per heavy atom. The predicted octanol–water partition coefficient (Wildman–Crippen LogP) is 0.488. The fourth-order valence-electron chi connectivity index (χ4n) is 0.880. The van der Waals surface area contributed by atoms with Gasteiger partial charge in [-0.2, -0.15) is 0 Å². The van der Waals surface area contributed by atoms with Crippen molar-refractivity contribution in [3.63, 3.8) is 0 Å². The molecule has 0 aliphatic rings. The first-order chi connectivity index (χ1) is 6.72. The minimum atomic E-state index is -0.308. The first-order valence-electron chi connectivity index (χ1n) is 4.17. The van der Waals surface area contributed by atoms with Gasteiger partial charge in [-0.15, -0.1) is 0 Å². The first-order valence-corrected chi connectivity index (χ1v) is 4.17. The molecule has 0 heterocycles. The maximum atomic E-state index is 12.5. The number of hydrogen-bond acceptors (Lipinski definition) is 3. The summed E-state index contributed by atoms with van der Waals surface area (Å²) in [5.41, 5.74) is 5.73. The molecule has 0 atom stereocenters. The van der Waals surface area contributed by atoms with Crippen LogP contribution in [0.5, 0.6) is 0 Å². The van der Waals surface area contributed by atoms with Crippen molar-refractivity contribution in [3.8, 4) is 0 Å². The summed E-state index contributed by atoms with van der Waals surface area (Å²) in [5, 5.41) is 2.70. The highest BCUT2D eigenvalue weighted by molar-refractivity contribution is 5.79. The lowest BCUT2D eigenvalue weighted by Crippen LogP contribution is -2.35. The highest BCUT2D eigenvalue weighted by Crippen LogP contribution is 2.06. The van der Waals surface area contributed by atoms with E-state index in [-0.39, 0.29) is 18.3 Å². The van der Waals surface area contributed by atoms with Crippen LogP contribution < -0.4 is 16.2 Å². The monoisotopic (exact) mass is 197 g/mol. The minimum Gasteiger partial charge on any atom is -0.311 e. The highest BCUT2D eigenvalue weighted by atomic mass is 19.1. The van der Waals surface area contributed by atoms with Crippen molar-refractivity contribution >= 4 is 11.6 Å². The number of carbonyl (C=O) groups excluding carboxylic acids is 1. The summed E-state index contributed by atoms with van der Waals surface area (Å²) < 4.78 is 12.5. The SMILES string of the molecule is CNCC(=O)NNc1ccc(F)cc1. The van der Waals surface area contributed by atoms with E-state index in [0.717, 1.165) is 0 Å². The Kier molecular flexibility index (Phi) is 3.87. The van der Waals surface area contributed by atoms with Crippen molar-refractivity contribution < 1.29 is 9.18 Å². The third kappa shape index (κ3) is 3.40. The van der Waals surface area contributed by atoms with Crippen molar-refractivity contribution in [2.75, 3.05) is 19.0 Å². The fraction of sp³-hybridized carbons (Fsp3) is 0.222. The third-order valence-corrected chi connectivity index (χ3v) is 1.53. The Labute approximate surface area is 81.5 Å². The van der Waals surface area contributed by atoms with Crippen LogP contribution in [0.4, 0.5) is 10.1 Å². The second-order valence-electron chi connectivity index (χ2n) is 2.71. The Balaban J connectivity index is 2.38. The largest absolute Gasteiger partial charge is 0.311 e. The fourth-order valence-corrected chi connectivity index (χ4v) is 0.880. The molecule has 1 amide bonds. The van der Waals surface area contributed by atoms with Crippen LogP contribution in [0.25, 0.3) is 0 Å². The average Bonchev–Trinajstić information content (AvgIpc) is 2.17. The number of carbonyl (C=O) groups is 1. The van der Waals surface area contributed by atoms with Crippen molar-refractivity contribution in [2.45, 2.75) is 0 Å². The molecule has 76 valence electrons. The van der Waals surface area contributed by atoms with E-state index in [2.05, 4.69) is 16.2 Å². The number of halogens is 1. The topological polar surface area (TPSA) is 53.2 Å². The maximum Gasteiger partial charge on any atom is 0.252 e. The molecule has 0 unspecified atom stereocenters. The number of hydrogen-bond donors (Lipinski definition) is 3. The van der Waals surface area contributed by atoms with E-state index in [1.165, 1.54) is 24.3 Å². The zero-order chi connectivity index (χ0) is 10.4. The number of benzene rings is 1. The van der Waals surface area contributed by atoms with Gasteiger partial charge in [0.25, 0.3) is 5.91 Å². The summed E-state index contributed by atoms with van der Waals surface area (Å²) in [7, 11) is 1.68. The van der Waals surface area contributed by atoms with Crippen LogP contribution in [0.2, 0.25) is 0 Å². The van der Waals surface area contributed by atoms with Gasteiger partial charge in [0.15, 0.2) is 0 Å². The number of nitrogens with one attached hydrogen (secondary N) is 3. The summed E-state index contributed by atoms with van der Waals surface area (Å²) in [6.45, 7) is 0.230. The van der Waals surface area contributed by atoms with Crippen LogP contribution in [0.15, 0.2) is 24.3 Å². The standard InChI is InChI=1S/C9H12FN3O/c1-11-6-9(14)13-12-8-4-2-7(10)3-5-8/h2-5,11-12H,6H2,1H3,(H,13,14). The number of anilines is 1. The van der Waals surface area contributed by atoms with Gasteiger partial charge in [-0.05, 0) is 31.3 Å². The Hall–Kier alpha value is -1.62. The van der Waals surface area contributed by atoms with Crippen molar-refractivity contribution in [3.05, 3.63) is 30.1 Å². The molecule has 0 aliphatic heterocycles. The van der Waals surface area contributed by atoms with E-state index < -0.39 is 0 Å². The van der Waals surface area contributed by atoms with Crippen LogP contribution in [0.1, 0.15) is 0 Å². The average molecular weight is 197 g/mol. The molecule has 0 saturated carbocycles.